The van der Waals surface area contributed by atoms with Crippen molar-refractivity contribution in [3.63, 3.8) is 0 Å². The molecule has 0 aromatic carbocycles. The lowest BCUT2D eigenvalue weighted by Crippen LogP contribution is -2.25. The molecule has 30 heavy (non-hydrogen) atoms. The highest BCUT2D eigenvalue weighted by Gasteiger charge is 2.12. The Kier molecular flexibility index (Phi) is 10.3. The fourth-order valence-corrected chi connectivity index (χ4v) is 2.99. The number of unbranched alkanes of at least 4 members (excludes halogenated alkanes) is 2. The number of hydrogen-bond acceptors (Lipinski definition) is 7. The molecule has 2 heterocycles. The molecular formula is C18H30N10O2. The van der Waals surface area contributed by atoms with Crippen molar-refractivity contribution in [1.29, 1.82) is 0 Å². The van der Waals surface area contributed by atoms with Gasteiger partial charge >= 0.3 is 5.97 Å². The summed E-state index contributed by atoms with van der Waals surface area (Å²) in [7, 11) is 0. The van der Waals surface area contributed by atoms with E-state index in [1.807, 2.05) is 17.1 Å². The maximum absolute atomic E-state index is 10.6. The summed E-state index contributed by atoms with van der Waals surface area (Å²) < 4.78 is 3.61. The zero-order valence-corrected chi connectivity index (χ0v) is 17.5. The van der Waals surface area contributed by atoms with Gasteiger partial charge in [0.25, 0.3) is 0 Å². The van der Waals surface area contributed by atoms with Crippen molar-refractivity contribution in [2.24, 2.45) is 5.11 Å². The highest BCUT2D eigenvalue weighted by molar-refractivity contribution is 5.66. The van der Waals surface area contributed by atoms with Crippen molar-refractivity contribution in [1.82, 2.24) is 34.9 Å². The van der Waals surface area contributed by atoms with E-state index in [1.165, 1.54) is 0 Å². The minimum Gasteiger partial charge on any atom is -0.481 e. The van der Waals surface area contributed by atoms with E-state index in [4.69, 9.17) is 10.6 Å². The average molecular weight is 419 g/mol. The number of hydrogen-bond donors (Lipinski definition) is 1. The van der Waals surface area contributed by atoms with Gasteiger partial charge in [-0.1, -0.05) is 28.9 Å². The number of aromatic nitrogens is 6. The Morgan fingerprint density at radius 2 is 1.73 bits per heavy atom. The van der Waals surface area contributed by atoms with Crippen LogP contribution in [0.15, 0.2) is 17.5 Å². The van der Waals surface area contributed by atoms with E-state index in [0.717, 1.165) is 50.2 Å². The van der Waals surface area contributed by atoms with Crippen LogP contribution in [0.25, 0.3) is 10.4 Å². The number of carbonyl (C=O) groups is 1. The van der Waals surface area contributed by atoms with E-state index in [0.29, 0.717) is 32.6 Å². The third-order valence-electron chi connectivity index (χ3n) is 4.51. The Morgan fingerprint density at radius 1 is 1.10 bits per heavy atom. The molecule has 1 N–H and O–H groups in total. The molecule has 0 saturated carbocycles. The first-order valence-corrected chi connectivity index (χ1v) is 10.3. The van der Waals surface area contributed by atoms with Gasteiger partial charge in [-0.2, -0.15) is 0 Å². The second-order valence-electron chi connectivity index (χ2n) is 7.17. The molecule has 0 fully saturated rings. The molecule has 2 aromatic heterocycles. The smallest absolute Gasteiger partial charge is 0.303 e. The summed E-state index contributed by atoms with van der Waals surface area (Å²) in [6, 6.07) is 0. The van der Waals surface area contributed by atoms with Crippen molar-refractivity contribution in [3.8, 4) is 0 Å². The molecule has 12 heteroatoms. The summed E-state index contributed by atoms with van der Waals surface area (Å²) in [5.41, 5.74) is 10.2. The molecule has 2 rings (SSSR count). The fraction of sp³-hybridized carbons (Fsp3) is 0.722. The molecule has 0 saturated heterocycles. The number of aryl methyl sites for hydroxylation is 2. The lowest BCUT2D eigenvalue weighted by molar-refractivity contribution is -0.137. The largest absolute Gasteiger partial charge is 0.481 e. The minimum atomic E-state index is -0.780. The monoisotopic (exact) mass is 418 g/mol. The molecule has 0 amide bonds. The van der Waals surface area contributed by atoms with E-state index < -0.39 is 5.97 Å². The van der Waals surface area contributed by atoms with Gasteiger partial charge in [0.05, 0.1) is 11.4 Å². The van der Waals surface area contributed by atoms with Crippen LogP contribution in [0.4, 0.5) is 0 Å². The Labute approximate surface area is 175 Å². The Bertz CT molecular complexity index is 812. The molecule has 0 aliphatic rings. The summed E-state index contributed by atoms with van der Waals surface area (Å²) in [6.07, 6.45) is 8.28. The van der Waals surface area contributed by atoms with Crippen molar-refractivity contribution in [2.45, 2.75) is 71.6 Å². The van der Waals surface area contributed by atoms with Gasteiger partial charge in [0.1, 0.15) is 0 Å². The zero-order valence-electron chi connectivity index (χ0n) is 17.5. The third kappa shape index (κ3) is 9.01. The average Bonchev–Trinajstić information content (AvgIpc) is 3.36. The molecule has 0 spiro atoms. The number of rotatable bonds is 16. The number of azide groups is 1. The Hall–Kier alpha value is -2.98. The molecule has 0 aliphatic heterocycles. The number of nitrogens with zero attached hydrogens (tertiary/aromatic N) is 10. The van der Waals surface area contributed by atoms with E-state index in [2.05, 4.69) is 42.5 Å². The highest BCUT2D eigenvalue weighted by atomic mass is 16.4. The maximum Gasteiger partial charge on any atom is 0.303 e. The SMILES string of the molecule is CCCCn1cc(CN(CCCN=[N+]=[N-])Cc2cn(CCCCC(=O)O)nn2)nn1. The van der Waals surface area contributed by atoms with E-state index in [9.17, 15) is 4.79 Å². The van der Waals surface area contributed by atoms with Crippen molar-refractivity contribution in [2.75, 3.05) is 13.1 Å². The molecule has 2 aromatic rings. The van der Waals surface area contributed by atoms with Crippen LogP contribution < -0.4 is 0 Å². The zero-order chi connectivity index (χ0) is 21.6. The first kappa shape index (κ1) is 23.3. The first-order valence-electron chi connectivity index (χ1n) is 10.3. The van der Waals surface area contributed by atoms with Gasteiger partial charge in [-0.3, -0.25) is 19.1 Å². The van der Waals surface area contributed by atoms with Crippen molar-refractivity contribution >= 4 is 5.97 Å². The summed E-state index contributed by atoms with van der Waals surface area (Å²) in [5.74, 6) is -0.780. The van der Waals surface area contributed by atoms with Crippen LogP contribution in [0, 0.1) is 0 Å². The topological polar surface area (TPSA) is 151 Å². The number of carboxylic acid groups (broad SMARTS) is 1. The van der Waals surface area contributed by atoms with Gasteiger partial charge in [0.2, 0.25) is 0 Å². The fourth-order valence-electron chi connectivity index (χ4n) is 2.99. The van der Waals surface area contributed by atoms with E-state index >= 15 is 0 Å². The summed E-state index contributed by atoms with van der Waals surface area (Å²) in [5, 5.41) is 29.1. The summed E-state index contributed by atoms with van der Waals surface area (Å²) >= 11 is 0. The van der Waals surface area contributed by atoms with Gasteiger partial charge in [0.15, 0.2) is 0 Å². The molecule has 164 valence electrons. The van der Waals surface area contributed by atoms with E-state index in [-0.39, 0.29) is 6.42 Å². The molecule has 0 unspecified atom stereocenters. The molecular weight excluding hydrogens is 388 g/mol. The van der Waals surface area contributed by atoms with Crippen LogP contribution in [-0.2, 0) is 31.0 Å². The normalized spacial score (nSPS) is 11.0. The maximum atomic E-state index is 10.6. The van der Waals surface area contributed by atoms with Gasteiger partial charge in [-0.15, -0.1) is 10.2 Å². The molecule has 12 nitrogen and oxygen atoms in total. The second kappa shape index (κ2) is 13.3. The summed E-state index contributed by atoms with van der Waals surface area (Å²) in [4.78, 5) is 15.6. The van der Waals surface area contributed by atoms with Crippen LogP contribution in [0.5, 0.6) is 0 Å². The van der Waals surface area contributed by atoms with Gasteiger partial charge in [-0.05, 0) is 37.8 Å². The predicted octanol–water partition coefficient (Wildman–Crippen LogP) is 2.63. The van der Waals surface area contributed by atoms with E-state index in [1.54, 1.807) is 4.68 Å². The minimum absolute atomic E-state index is 0.166. The van der Waals surface area contributed by atoms with Gasteiger partial charge in [0, 0.05) is 56.5 Å². The Morgan fingerprint density at radius 3 is 2.30 bits per heavy atom. The predicted molar refractivity (Wildman–Crippen MR) is 109 cm³/mol. The van der Waals surface area contributed by atoms with Crippen LogP contribution in [0.2, 0.25) is 0 Å². The van der Waals surface area contributed by atoms with Crippen LogP contribution >= 0.6 is 0 Å². The molecule has 0 radical (unpaired) electrons. The quantitative estimate of drug-likeness (QED) is 0.190. The molecule has 0 aliphatic carbocycles. The van der Waals surface area contributed by atoms with Gasteiger partial charge in [-0.25, -0.2) is 0 Å². The lowest BCUT2D eigenvalue weighted by atomic mass is 10.2. The van der Waals surface area contributed by atoms with Crippen molar-refractivity contribution < 1.29 is 9.90 Å². The first-order chi connectivity index (χ1) is 14.6. The number of carboxylic acids is 1. The molecule has 0 bridgehead atoms. The van der Waals surface area contributed by atoms with Crippen LogP contribution in [-0.4, -0.2) is 59.1 Å². The lowest BCUT2D eigenvalue weighted by Gasteiger charge is -2.19. The summed E-state index contributed by atoms with van der Waals surface area (Å²) in [6.45, 7) is 6.02. The second-order valence-corrected chi connectivity index (χ2v) is 7.17. The van der Waals surface area contributed by atoms with Gasteiger partial charge < -0.3 is 5.11 Å². The van der Waals surface area contributed by atoms with Crippen LogP contribution in [0.3, 0.4) is 0 Å². The third-order valence-corrected chi connectivity index (χ3v) is 4.51. The van der Waals surface area contributed by atoms with Crippen LogP contribution in [0.1, 0.15) is 56.8 Å². The number of aliphatic carboxylic acids is 1. The molecule has 0 atom stereocenters. The highest BCUT2D eigenvalue weighted by Crippen LogP contribution is 2.09. The Balaban J connectivity index is 1.91. The van der Waals surface area contributed by atoms with Crippen molar-refractivity contribution in [3.05, 3.63) is 34.2 Å². The standard InChI is InChI=1S/C18H30N10O2/c1-2-3-10-27-14-16(21-24-27)12-26(9-6-8-20-23-19)13-17-15-28(25-22-17)11-5-4-7-18(29)30/h14-15H,2-13H2,1H3,(H,29,30).